The van der Waals surface area contributed by atoms with E-state index < -0.39 is 0 Å². The molecule has 22 heavy (non-hydrogen) atoms. The molecule has 3 heteroatoms. The third-order valence-electron chi connectivity index (χ3n) is 3.78. The lowest BCUT2D eigenvalue weighted by atomic mass is 10.1. The van der Waals surface area contributed by atoms with Gasteiger partial charge in [-0.3, -0.25) is 0 Å². The third-order valence-corrected chi connectivity index (χ3v) is 3.78. The van der Waals surface area contributed by atoms with Crippen LogP contribution in [0.25, 0.3) is 33.9 Å². The summed E-state index contributed by atoms with van der Waals surface area (Å²) in [5.74, 6) is 1.49. The number of aromatic nitrogens is 1. The van der Waals surface area contributed by atoms with E-state index in [4.69, 9.17) is 8.83 Å². The van der Waals surface area contributed by atoms with E-state index in [1.165, 1.54) is 5.56 Å². The van der Waals surface area contributed by atoms with Crippen LogP contribution in [0.3, 0.4) is 0 Å². The van der Waals surface area contributed by atoms with E-state index in [0.717, 1.165) is 33.6 Å². The second-order valence-electron chi connectivity index (χ2n) is 5.50. The summed E-state index contributed by atoms with van der Waals surface area (Å²) in [6.45, 7) is 4.09. The van der Waals surface area contributed by atoms with Crippen molar-refractivity contribution in [2.75, 3.05) is 0 Å². The summed E-state index contributed by atoms with van der Waals surface area (Å²) in [6.07, 6.45) is 1.68. The van der Waals surface area contributed by atoms with Crippen molar-refractivity contribution in [2.45, 2.75) is 13.8 Å². The van der Waals surface area contributed by atoms with Gasteiger partial charge in [-0.2, -0.15) is 0 Å². The third kappa shape index (κ3) is 2.11. The first-order valence-corrected chi connectivity index (χ1v) is 7.23. The smallest absolute Gasteiger partial charge is 0.227 e. The highest BCUT2D eigenvalue weighted by molar-refractivity contribution is 5.84. The molecule has 4 rings (SSSR count). The molecule has 0 aliphatic heterocycles. The highest BCUT2D eigenvalue weighted by Crippen LogP contribution is 2.31. The van der Waals surface area contributed by atoms with Crippen molar-refractivity contribution in [2.24, 2.45) is 0 Å². The molecule has 0 spiro atoms. The van der Waals surface area contributed by atoms with Crippen LogP contribution in [-0.4, -0.2) is 4.98 Å². The highest BCUT2D eigenvalue weighted by Gasteiger charge is 2.13. The molecule has 3 nitrogen and oxygen atoms in total. The van der Waals surface area contributed by atoms with E-state index in [1.807, 2.05) is 37.3 Å². The van der Waals surface area contributed by atoms with Gasteiger partial charge in [0, 0.05) is 11.1 Å². The van der Waals surface area contributed by atoms with Crippen LogP contribution >= 0.6 is 0 Å². The summed E-state index contributed by atoms with van der Waals surface area (Å²) in [4.78, 5) is 4.64. The Morgan fingerprint density at radius 3 is 2.45 bits per heavy atom. The van der Waals surface area contributed by atoms with Gasteiger partial charge in [0.2, 0.25) is 5.89 Å². The largest absolute Gasteiger partial charge is 0.464 e. The van der Waals surface area contributed by atoms with Crippen LogP contribution in [0.15, 0.2) is 63.6 Å². The number of hydrogen-bond acceptors (Lipinski definition) is 3. The predicted octanol–water partition coefficient (Wildman–Crippen LogP) is 5.37. The first kappa shape index (κ1) is 12.9. The standard InChI is InChI=1S/C19H15NO2/c1-12-5-7-14(8-6-12)19-20-16-11-15(17-4-3-9-21-17)10-13(2)18(16)22-19/h3-11H,1-2H3. The molecule has 108 valence electrons. The minimum Gasteiger partial charge on any atom is -0.464 e. The predicted molar refractivity (Wildman–Crippen MR) is 86.6 cm³/mol. The minimum absolute atomic E-state index is 0.648. The lowest BCUT2D eigenvalue weighted by Gasteiger charge is -1.99. The molecule has 4 aromatic rings. The lowest BCUT2D eigenvalue weighted by molar-refractivity contribution is 0.582. The Kier molecular flexibility index (Phi) is 2.86. The van der Waals surface area contributed by atoms with Gasteiger partial charge in [0.25, 0.3) is 0 Å². The molecule has 0 aliphatic carbocycles. The molecule has 0 fully saturated rings. The van der Waals surface area contributed by atoms with E-state index in [2.05, 4.69) is 30.1 Å². The molecule has 0 unspecified atom stereocenters. The quantitative estimate of drug-likeness (QED) is 0.498. The molecular formula is C19H15NO2. The van der Waals surface area contributed by atoms with Crippen molar-refractivity contribution < 1.29 is 8.83 Å². The zero-order chi connectivity index (χ0) is 15.1. The van der Waals surface area contributed by atoms with Crippen LogP contribution in [0.1, 0.15) is 11.1 Å². The fourth-order valence-corrected chi connectivity index (χ4v) is 2.60. The Morgan fingerprint density at radius 2 is 1.73 bits per heavy atom. The number of aryl methyl sites for hydroxylation is 2. The fraction of sp³-hybridized carbons (Fsp3) is 0.105. The average Bonchev–Trinajstić information content (AvgIpc) is 3.17. The molecule has 0 bridgehead atoms. The van der Waals surface area contributed by atoms with Crippen molar-refractivity contribution in [3.8, 4) is 22.8 Å². The second-order valence-corrected chi connectivity index (χ2v) is 5.50. The molecular weight excluding hydrogens is 274 g/mol. The summed E-state index contributed by atoms with van der Waals surface area (Å²) < 4.78 is 11.4. The molecule has 2 aromatic heterocycles. The summed E-state index contributed by atoms with van der Waals surface area (Å²) in [5.41, 5.74) is 5.94. The molecule has 0 aliphatic rings. The molecule has 0 saturated heterocycles. The molecule has 0 saturated carbocycles. The number of rotatable bonds is 2. The van der Waals surface area contributed by atoms with E-state index in [-0.39, 0.29) is 0 Å². The Morgan fingerprint density at radius 1 is 0.909 bits per heavy atom. The van der Waals surface area contributed by atoms with E-state index in [0.29, 0.717) is 5.89 Å². The molecule has 0 atom stereocenters. The summed E-state index contributed by atoms with van der Waals surface area (Å²) in [5, 5.41) is 0. The van der Waals surface area contributed by atoms with Crippen molar-refractivity contribution in [3.63, 3.8) is 0 Å². The maximum Gasteiger partial charge on any atom is 0.227 e. The first-order valence-electron chi connectivity index (χ1n) is 7.23. The maximum absolute atomic E-state index is 5.96. The van der Waals surface area contributed by atoms with Gasteiger partial charge in [-0.25, -0.2) is 4.98 Å². The van der Waals surface area contributed by atoms with Gasteiger partial charge >= 0.3 is 0 Å². The molecule has 2 aromatic carbocycles. The van der Waals surface area contributed by atoms with E-state index >= 15 is 0 Å². The van der Waals surface area contributed by atoms with Crippen LogP contribution in [0, 0.1) is 13.8 Å². The first-order chi connectivity index (χ1) is 10.7. The van der Waals surface area contributed by atoms with Crippen LogP contribution in [0.4, 0.5) is 0 Å². The van der Waals surface area contributed by atoms with Crippen molar-refractivity contribution >= 4 is 11.1 Å². The van der Waals surface area contributed by atoms with Gasteiger partial charge in [-0.05, 0) is 55.8 Å². The molecule has 0 N–H and O–H groups in total. The zero-order valence-corrected chi connectivity index (χ0v) is 12.5. The van der Waals surface area contributed by atoms with Crippen molar-refractivity contribution in [1.29, 1.82) is 0 Å². The van der Waals surface area contributed by atoms with Gasteiger partial charge in [0.15, 0.2) is 5.58 Å². The number of benzene rings is 2. The van der Waals surface area contributed by atoms with Crippen LogP contribution in [0.2, 0.25) is 0 Å². The molecule has 2 heterocycles. The Labute approximate surface area is 128 Å². The van der Waals surface area contributed by atoms with Gasteiger partial charge in [0.05, 0.1) is 6.26 Å². The zero-order valence-electron chi connectivity index (χ0n) is 12.5. The Hall–Kier alpha value is -2.81. The van der Waals surface area contributed by atoms with Crippen LogP contribution in [0.5, 0.6) is 0 Å². The number of oxazole rings is 1. The average molecular weight is 289 g/mol. The van der Waals surface area contributed by atoms with Gasteiger partial charge < -0.3 is 8.83 Å². The summed E-state index contributed by atoms with van der Waals surface area (Å²) in [7, 11) is 0. The van der Waals surface area contributed by atoms with Gasteiger partial charge in [-0.1, -0.05) is 17.7 Å². The fourth-order valence-electron chi connectivity index (χ4n) is 2.60. The Bertz CT molecular complexity index is 932. The van der Waals surface area contributed by atoms with E-state index in [9.17, 15) is 0 Å². The lowest BCUT2D eigenvalue weighted by Crippen LogP contribution is -1.80. The number of fused-ring (bicyclic) bond motifs is 1. The van der Waals surface area contributed by atoms with E-state index in [1.54, 1.807) is 6.26 Å². The second kappa shape index (κ2) is 4.88. The number of hydrogen-bond donors (Lipinski definition) is 0. The number of nitrogens with zero attached hydrogens (tertiary/aromatic N) is 1. The summed E-state index contributed by atoms with van der Waals surface area (Å²) >= 11 is 0. The topological polar surface area (TPSA) is 39.2 Å². The van der Waals surface area contributed by atoms with Gasteiger partial charge in [-0.15, -0.1) is 0 Å². The Balaban J connectivity index is 1.87. The van der Waals surface area contributed by atoms with Crippen LogP contribution in [-0.2, 0) is 0 Å². The SMILES string of the molecule is Cc1ccc(-c2nc3cc(-c4ccco4)cc(C)c3o2)cc1. The van der Waals surface area contributed by atoms with Gasteiger partial charge in [0.1, 0.15) is 11.3 Å². The molecule has 0 radical (unpaired) electrons. The monoisotopic (exact) mass is 289 g/mol. The van der Waals surface area contributed by atoms with Crippen LogP contribution < -0.4 is 0 Å². The van der Waals surface area contributed by atoms with Crippen molar-refractivity contribution in [3.05, 3.63) is 65.9 Å². The highest BCUT2D eigenvalue weighted by atomic mass is 16.3. The minimum atomic E-state index is 0.648. The normalized spacial score (nSPS) is 11.2. The van der Waals surface area contributed by atoms with Crippen molar-refractivity contribution in [1.82, 2.24) is 4.98 Å². The molecule has 0 amide bonds. The number of furan rings is 1. The summed E-state index contributed by atoms with van der Waals surface area (Å²) in [6, 6.07) is 16.1. The maximum atomic E-state index is 5.96.